The first-order valence-electron chi connectivity index (χ1n) is 12.8. The van der Waals surface area contributed by atoms with E-state index in [0.717, 1.165) is 59.9 Å². The third kappa shape index (κ3) is 5.81. The topological polar surface area (TPSA) is 92.4 Å². The number of aromatic nitrogens is 1. The van der Waals surface area contributed by atoms with Gasteiger partial charge in [0.1, 0.15) is 5.82 Å². The summed E-state index contributed by atoms with van der Waals surface area (Å²) in [4.78, 5) is 17.9. The summed E-state index contributed by atoms with van der Waals surface area (Å²) in [6.07, 6.45) is 3.20. The lowest BCUT2D eigenvalue weighted by atomic mass is 10.1. The molecule has 196 valence electrons. The van der Waals surface area contributed by atoms with Crippen LogP contribution in [-0.2, 0) is 0 Å². The zero-order valence-electron chi connectivity index (χ0n) is 21.5. The number of hydrogen-bond acceptors (Lipinski definition) is 5. The minimum absolute atomic E-state index is 0.183. The van der Waals surface area contributed by atoms with E-state index in [-0.39, 0.29) is 12.0 Å². The van der Waals surface area contributed by atoms with Crippen LogP contribution in [0.25, 0.3) is 0 Å². The van der Waals surface area contributed by atoms with Crippen LogP contribution in [0.5, 0.6) is 0 Å². The molecule has 0 atom stereocenters. The third-order valence-corrected chi connectivity index (χ3v) is 6.88. The Morgan fingerprint density at radius 3 is 2.05 bits per heavy atom. The summed E-state index contributed by atoms with van der Waals surface area (Å²) in [6.45, 7) is 5.42. The number of aliphatic hydroxyl groups is 1. The van der Waals surface area contributed by atoms with Crippen LogP contribution >= 0.6 is 0 Å². The Morgan fingerprint density at radius 2 is 1.47 bits per heavy atom. The minimum Gasteiger partial charge on any atom is -0.393 e. The molecular formula is C30H32FN5O2. The van der Waals surface area contributed by atoms with E-state index in [1.807, 2.05) is 50.2 Å². The molecule has 0 spiro atoms. The molecule has 2 heterocycles. The van der Waals surface area contributed by atoms with E-state index in [4.69, 9.17) is 0 Å². The maximum atomic E-state index is 14.8. The lowest BCUT2D eigenvalue weighted by Gasteiger charge is -2.31. The number of anilines is 6. The number of H-pyrrole nitrogens is 1. The van der Waals surface area contributed by atoms with Gasteiger partial charge in [-0.05, 0) is 99.0 Å². The second kappa shape index (κ2) is 11.0. The molecule has 5 rings (SSSR count). The lowest BCUT2D eigenvalue weighted by Crippen LogP contribution is -2.35. The average molecular weight is 514 g/mol. The van der Waals surface area contributed by atoms with Crippen LogP contribution in [-0.4, -0.2) is 35.2 Å². The summed E-state index contributed by atoms with van der Waals surface area (Å²) < 4.78 is 14.8. The zero-order chi connectivity index (χ0) is 26.6. The maximum Gasteiger partial charge on any atom is 0.257 e. The smallest absolute Gasteiger partial charge is 0.257 e. The molecule has 1 saturated heterocycles. The van der Waals surface area contributed by atoms with Crippen molar-refractivity contribution >= 4 is 40.0 Å². The monoisotopic (exact) mass is 513 g/mol. The van der Waals surface area contributed by atoms with Gasteiger partial charge in [0.05, 0.1) is 17.4 Å². The van der Waals surface area contributed by atoms with E-state index in [0.29, 0.717) is 16.9 Å². The van der Waals surface area contributed by atoms with Gasteiger partial charge in [0.25, 0.3) is 5.91 Å². The number of nitrogens with zero attached hydrogens (tertiary/aromatic N) is 1. The molecule has 3 aromatic carbocycles. The highest BCUT2D eigenvalue weighted by atomic mass is 19.1. The van der Waals surface area contributed by atoms with Gasteiger partial charge in [-0.25, -0.2) is 4.39 Å². The highest BCUT2D eigenvalue weighted by molar-refractivity contribution is 6.06. The van der Waals surface area contributed by atoms with Crippen molar-refractivity contribution in [3.8, 4) is 0 Å². The zero-order valence-corrected chi connectivity index (χ0v) is 21.5. The van der Waals surface area contributed by atoms with E-state index in [2.05, 4.69) is 38.0 Å². The molecule has 38 heavy (non-hydrogen) atoms. The molecule has 0 radical (unpaired) electrons. The second-order valence-electron chi connectivity index (χ2n) is 9.71. The summed E-state index contributed by atoms with van der Waals surface area (Å²) in [7, 11) is 0. The van der Waals surface area contributed by atoms with Crippen LogP contribution in [0, 0.1) is 19.7 Å². The van der Waals surface area contributed by atoms with E-state index >= 15 is 0 Å². The first kappa shape index (κ1) is 25.4. The van der Waals surface area contributed by atoms with E-state index in [1.54, 1.807) is 18.3 Å². The molecule has 1 aliphatic rings. The van der Waals surface area contributed by atoms with Gasteiger partial charge in [0.15, 0.2) is 0 Å². The molecule has 0 bridgehead atoms. The van der Waals surface area contributed by atoms with Crippen molar-refractivity contribution in [3.05, 3.63) is 95.6 Å². The molecule has 4 aromatic rings. The fourth-order valence-electron chi connectivity index (χ4n) is 4.73. The summed E-state index contributed by atoms with van der Waals surface area (Å²) in [5, 5.41) is 19.0. The van der Waals surface area contributed by atoms with E-state index < -0.39 is 5.82 Å². The summed E-state index contributed by atoms with van der Waals surface area (Å²) in [5.41, 5.74) is 6.68. The Kier molecular flexibility index (Phi) is 7.33. The summed E-state index contributed by atoms with van der Waals surface area (Å²) in [5.74, 6) is -0.735. The van der Waals surface area contributed by atoms with Crippen molar-refractivity contribution in [2.45, 2.75) is 32.8 Å². The van der Waals surface area contributed by atoms with Gasteiger partial charge in [-0.3, -0.25) is 4.79 Å². The largest absolute Gasteiger partial charge is 0.393 e. The Hall–Kier alpha value is -4.30. The summed E-state index contributed by atoms with van der Waals surface area (Å²) in [6, 6.07) is 20.5. The van der Waals surface area contributed by atoms with Gasteiger partial charge in [0, 0.05) is 53.4 Å². The van der Waals surface area contributed by atoms with Gasteiger partial charge in [-0.2, -0.15) is 0 Å². The van der Waals surface area contributed by atoms with Gasteiger partial charge < -0.3 is 30.9 Å². The van der Waals surface area contributed by atoms with Crippen LogP contribution in [0.15, 0.2) is 72.9 Å². The number of amides is 1. The number of aryl methyl sites for hydroxylation is 2. The fraction of sp³-hybridized carbons (Fsp3) is 0.233. The molecule has 1 aliphatic heterocycles. The van der Waals surface area contributed by atoms with Crippen molar-refractivity contribution in [1.82, 2.24) is 4.98 Å². The summed E-state index contributed by atoms with van der Waals surface area (Å²) >= 11 is 0. The van der Waals surface area contributed by atoms with Gasteiger partial charge in [0.2, 0.25) is 0 Å². The lowest BCUT2D eigenvalue weighted by molar-refractivity contribution is 0.102. The Balaban J connectivity index is 1.17. The van der Waals surface area contributed by atoms with Crippen LogP contribution in [0.2, 0.25) is 0 Å². The quantitative estimate of drug-likeness (QED) is 0.195. The number of aromatic amines is 1. The van der Waals surface area contributed by atoms with Crippen molar-refractivity contribution < 1.29 is 14.3 Å². The third-order valence-electron chi connectivity index (χ3n) is 6.88. The van der Waals surface area contributed by atoms with Gasteiger partial charge in [-0.15, -0.1) is 0 Å². The van der Waals surface area contributed by atoms with Gasteiger partial charge in [-0.1, -0.05) is 0 Å². The number of halogens is 1. The molecule has 0 aliphatic carbocycles. The predicted octanol–water partition coefficient (Wildman–Crippen LogP) is 6.47. The molecular weight excluding hydrogens is 481 g/mol. The second-order valence-corrected chi connectivity index (χ2v) is 9.71. The van der Waals surface area contributed by atoms with Crippen molar-refractivity contribution in [2.24, 2.45) is 0 Å². The Labute approximate surface area is 221 Å². The number of piperidine rings is 1. The number of carbonyl (C=O) groups excluding carboxylic acids is 1. The predicted molar refractivity (Wildman–Crippen MR) is 152 cm³/mol. The Bertz CT molecular complexity index is 1390. The Morgan fingerprint density at radius 1 is 0.895 bits per heavy atom. The first-order chi connectivity index (χ1) is 18.4. The first-order valence-corrected chi connectivity index (χ1v) is 12.8. The van der Waals surface area contributed by atoms with Crippen molar-refractivity contribution in [2.75, 3.05) is 33.9 Å². The molecule has 1 fully saturated rings. The average Bonchev–Trinajstić information content (AvgIpc) is 3.25. The van der Waals surface area contributed by atoms with Crippen LogP contribution in [0.4, 0.5) is 38.5 Å². The number of nitrogens with one attached hydrogen (secondary N) is 4. The number of benzene rings is 3. The molecule has 0 saturated carbocycles. The molecule has 0 unspecified atom stereocenters. The molecule has 7 nitrogen and oxygen atoms in total. The normalized spacial score (nSPS) is 13.8. The van der Waals surface area contributed by atoms with Crippen molar-refractivity contribution in [3.63, 3.8) is 0 Å². The van der Waals surface area contributed by atoms with Crippen LogP contribution in [0.1, 0.15) is 34.5 Å². The number of aliphatic hydroxyl groups excluding tert-OH is 1. The molecule has 1 aromatic heterocycles. The minimum atomic E-state index is -0.462. The highest BCUT2D eigenvalue weighted by Gasteiger charge is 2.17. The van der Waals surface area contributed by atoms with Gasteiger partial charge >= 0.3 is 0 Å². The van der Waals surface area contributed by atoms with Crippen molar-refractivity contribution in [1.29, 1.82) is 0 Å². The molecule has 5 N–H and O–H groups in total. The SMILES string of the molecule is Cc1c[nH]c(C)c1C(=O)Nc1ccc(Nc2ccc(Nc3ccc(N4CCC(O)CC4)cc3)cc2)c(F)c1. The van der Waals surface area contributed by atoms with Crippen LogP contribution in [0.3, 0.4) is 0 Å². The highest BCUT2D eigenvalue weighted by Crippen LogP contribution is 2.27. The maximum absolute atomic E-state index is 14.8. The van der Waals surface area contributed by atoms with E-state index in [1.165, 1.54) is 6.07 Å². The number of rotatable bonds is 7. The number of carbonyl (C=O) groups is 1. The van der Waals surface area contributed by atoms with Crippen LogP contribution < -0.4 is 20.9 Å². The van der Waals surface area contributed by atoms with E-state index in [9.17, 15) is 14.3 Å². The fourth-order valence-corrected chi connectivity index (χ4v) is 4.73. The standard InChI is InChI=1S/C30H32FN5O2/c1-19-18-32-20(2)29(19)30(38)35-24-9-12-28(27(31)17-24)34-23-5-3-21(4-6-23)33-22-7-10-25(11-8-22)36-15-13-26(37)14-16-36/h3-12,17-18,26,32-34,37H,13-16H2,1-2H3,(H,35,38). The number of hydrogen-bond donors (Lipinski definition) is 5. The molecule has 1 amide bonds. The molecule has 8 heteroatoms.